The number of urea groups is 1. The molecule has 0 bridgehead atoms. The molecular weight excluding hydrogens is 166 g/mol. The van der Waals surface area contributed by atoms with Gasteiger partial charge in [0.05, 0.1) is 0 Å². The van der Waals surface area contributed by atoms with Crippen LogP contribution in [0.5, 0.6) is 0 Å². The van der Waals surface area contributed by atoms with Gasteiger partial charge in [0.25, 0.3) is 0 Å². The Bertz CT molecular complexity index is 235. The van der Waals surface area contributed by atoms with Crippen LogP contribution in [0, 0.1) is 11.8 Å². The van der Waals surface area contributed by atoms with E-state index in [2.05, 4.69) is 18.9 Å². The second-order valence-electron chi connectivity index (χ2n) is 3.84. The van der Waals surface area contributed by atoms with Crippen molar-refractivity contribution in [3.63, 3.8) is 0 Å². The summed E-state index contributed by atoms with van der Waals surface area (Å²) in [4.78, 5) is 10.7. The molecule has 4 heteroatoms. The van der Waals surface area contributed by atoms with E-state index < -0.39 is 6.03 Å². The molecule has 74 valence electrons. The Balaban J connectivity index is 2.57. The molecule has 1 saturated carbocycles. The molecule has 13 heavy (non-hydrogen) atoms. The molecule has 2 amide bonds. The van der Waals surface area contributed by atoms with E-state index in [0.717, 1.165) is 12.1 Å². The molecule has 2 N–H and O–H groups in total. The van der Waals surface area contributed by atoms with Gasteiger partial charge in [0.1, 0.15) is 0 Å². The molecule has 0 spiro atoms. The van der Waals surface area contributed by atoms with E-state index in [-0.39, 0.29) is 0 Å². The first-order chi connectivity index (χ1) is 6.02. The first-order valence-electron chi connectivity index (χ1n) is 4.63. The van der Waals surface area contributed by atoms with E-state index in [4.69, 9.17) is 5.73 Å². The molecule has 0 aromatic carbocycles. The molecule has 1 aliphatic carbocycles. The Labute approximate surface area is 78.8 Å². The van der Waals surface area contributed by atoms with Gasteiger partial charge in [-0.1, -0.05) is 13.8 Å². The zero-order valence-electron chi connectivity index (χ0n) is 8.45. The van der Waals surface area contributed by atoms with Crippen molar-refractivity contribution in [2.45, 2.75) is 26.7 Å². The maximum Gasteiger partial charge on any atom is 0.334 e. The van der Waals surface area contributed by atoms with Crippen LogP contribution in [0.25, 0.3) is 0 Å². The van der Waals surface area contributed by atoms with Crippen molar-refractivity contribution in [1.29, 1.82) is 0 Å². The number of rotatable bonds is 2. The second kappa shape index (κ2) is 3.77. The number of primary amides is 1. The first-order valence-corrected chi connectivity index (χ1v) is 4.63. The zero-order valence-corrected chi connectivity index (χ0v) is 8.45. The Kier molecular flexibility index (Phi) is 2.90. The molecule has 1 atom stereocenters. The van der Waals surface area contributed by atoms with Gasteiger partial charge in [-0.2, -0.15) is 5.10 Å². The van der Waals surface area contributed by atoms with Gasteiger partial charge in [-0.05, 0) is 18.8 Å². The van der Waals surface area contributed by atoms with E-state index in [9.17, 15) is 4.79 Å². The Morgan fingerprint density at radius 3 is 2.62 bits per heavy atom. The average Bonchev–Trinajstić information content (AvgIpc) is 1.95. The monoisotopic (exact) mass is 183 g/mol. The lowest BCUT2D eigenvalue weighted by atomic mass is 9.75. The normalized spacial score (nSPS) is 24.6. The third-order valence-electron chi connectivity index (χ3n) is 2.54. The Hall–Kier alpha value is -1.06. The smallest absolute Gasteiger partial charge is 0.334 e. The minimum atomic E-state index is -0.498. The lowest BCUT2D eigenvalue weighted by molar-refractivity contribution is 0.219. The fraction of sp³-hybridized carbons (Fsp3) is 0.778. The van der Waals surface area contributed by atoms with E-state index >= 15 is 0 Å². The Morgan fingerprint density at radius 2 is 2.31 bits per heavy atom. The van der Waals surface area contributed by atoms with Crippen LogP contribution >= 0.6 is 0 Å². The molecule has 1 rings (SSSR count). The number of carbonyl (C=O) groups is 1. The van der Waals surface area contributed by atoms with E-state index in [0.29, 0.717) is 11.8 Å². The molecule has 0 heterocycles. The molecule has 0 saturated heterocycles. The third-order valence-corrected chi connectivity index (χ3v) is 2.54. The highest BCUT2D eigenvalue weighted by Gasteiger charge is 2.29. The summed E-state index contributed by atoms with van der Waals surface area (Å²) in [5, 5.41) is 5.37. The second-order valence-corrected chi connectivity index (χ2v) is 3.84. The standard InChI is InChI=1S/C9H17N3O/c1-6(2)7-4-5-8(7)11-12(3)9(10)13/h6-7H,4-5H2,1-3H3,(H2,10,13)/b11-8+. The molecule has 4 nitrogen and oxygen atoms in total. The summed E-state index contributed by atoms with van der Waals surface area (Å²) in [6, 6.07) is -0.498. The zero-order chi connectivity index (χ0) is 10.0. The van der Waals surface area contributed by atoms with Gasteiger partial charge in [-0.3, -0.25) is 0 Å². The molecule has 0 aliphatic heterocycles. The molecular formula is C9H17N3O. The van der Waals surface area contributed by atoms with Gasteiger partial charge >= 0.3 is 6.03 Å². The maximum atomic E-state index is 10.7. The van der Waals surface area contributed by atoms with E-state index in [1.807, 2.05) is 0 Å². The lowest BCUT2D eigenvalue weighted by Gasteiger charge is -2.32. The van der Waals surface area contributed by atoms with Gasteiger partial charge in [0, 0.05) is 18.7 Å². The highest BCUT2D eigenvalue weighted by Crippen LogP contribution is 2.30. The molecule has 1 fully saturated rings. The van der Waals surface area contributed by atoms with Crippen LogP contribution in [0.3, 0.4) is 0 Å². The predicted octanol–water partition coefficient (Wildman–Crippen LogP) is 1.42. The fourth-order valence-electron chi connectivity index (χ4n) is 1.52. The van der Waals surface area contributed by atoms with Crippen LogP contribution in [0.1, 0.15) is 26.7 Å². The third kappa shape index (κ3) is 2.20. The first kappa shape index (κ1) is 10.0. The number of hydrogen-bond acceptors (Lipinski definition) is 2. The maximum absolute atomic E-state index is 10.7. The van der Waals surface area contributed by atoms with Crippen LogP contribution in [0.15, 0.2) is 5.10 Å². The van der Waals surface area contributed by atoms with E-state index in [1.54, 1.807) is 7.05 Å². The van der Waals surface area contributed by atoms with Crippen molar-refractivity contribution in [3.8, 4) is 0 Å². The minimum absolute atomic E-state index is 0.498. The van der Waals surface area contributed by atoms with Gasteiger partial charge < -0.3 is 5.73 Å². The molecule has 0 aromatic rings. The van der Waals surface area contributed by atoms with Gasteiger partial charge in [0.2, 0.25) is 0 Å². The van der Waals surface area contributed by atoms with Crippen molar-refractivity contribution < 1.29 is 4.79 Å². The molecule has 1 unspecified atom stereocenters. The summed E-state index contributed by atoms with van der Waals surface area (Å²) in [5.74, 6) is 1.15. The van der Waals surface area contributed by atoms with Crippen LogP contribution in [0.4, 0.5) is 4.79 Å². The topological polar surface area (TPSA) is 58.7 Å². The molecule has 0 aromatic heterocycles. The summed E-state index contributed by atoms with van der Waals surface area (Å²) in [7, 11) is 1.59. The lowest BCUT2D eigenvalue weighted by Crippen LogP contribution is -2.35. The number of carbonyl (C=O) groups excluding carboxylic acids is 1. The van der Waals surface area contributed by atoms with Gasteiger partial charge in [-0.15, -0.1) is 0 Å². The summed E-state index contributed by atoms with van der Waals surface area (Å²) in [6.07, 6.45) is 2.18. The molecule has 1 aliphatic rings. The van der Waals surface area contributed by atoms with E-state index in [1.165, 1.54) is 11.4 Å². The van der Waals surface area contributed by atoms with Gasteiger partial charge in [-0.25, -0.2) is 9.80 Å². The fourth-order valence-corrected chi connectivity index (χ4v) is 1.52. The van der Waals surface area contributed by atoms with Crippen molar-refractivity contribution in [1.82, 2.24) is 5.01 Å². The molecule has 0 radical (unpaired) electrons. The highest BCUT2D eigenvalue weighted by atomic mass is 16.2. The van der Waals surface area contributed by atoms with Crippen molar-refractivity contribution in [2.75, 3.05) is 7.05 Å². The SMILES string of the molecule is CC(C)C1CC/C1=N\N(C)C(N)=O. The van der Waals surface area contributed by atoms with Crippen LogP contribution < -0.4 is 5.73 Å². The van der Waals surface area contributed by atoms with Crippen molar-refractivity contribution in [2.24, 2.45) is 22.7 Å². The largest absolute Gasteiger partial charge is 0.350 e. The number of amides is 2. The number of hydrogen-bond donors (Lipinski definition) is 1. The quantitative estimate of drug-likeness (QED) is 0.647. The summed E-state index contributed by atoms with van der Waals surface area (Å²) in [5.41, 5.74) is 6.17. The number of nitrogens with two attached hydrogens (primary N) is 1. The predicted molar refractivity (Wildman–Crippen MR) is 52.3 cm³/mol. The minimum Gasteiger partial charge on any atom is -0.350 e. The van der Waals surface area contributed by atoms with Crippen LogP contribution in [-0.2, 0) is 0 Å². The number of hydrazone groups is 1. The summed E-state index contributed by atoms with van der Waals surface area (Å²) < 4.78 is 0. The van der Waals surface area contributed by atoms with Crippen molar-refractivity contribution in [3.05, 3.63) is 0 Å². The average molecular weight is 183 g/mol. The summed E-state index contributed by atoms with van der Waals surface area (Å²) in [6.45, 7) is 4.34. The van der Waals surface area contributed by atoms with Gasteiger partial charge in [0.15, 0.2) is 0 Å². The van der Waals surface area contributed by atoms with Crippen LogP contribution in [-0.4, -0.2) is 23.8 Å². The van der Waals surface area contributed by atoms with Crippen molar-refractivity contribution >= 4 is 11.7 Å². The highest BCUT2D eigenvalue weighted by molar-refractivity contribution is 5.92. The number of nitrogens with zero attached hydrogens (tertiary/aromatic N) is 2. The van der Waals surface area contributed by atoms with Crippen LogP contribution in [0.2, 0.25) is 0 Å². The Morgan fingerprint density at radius 1 is 1.69 bits per heavy atom. The summed E-state index contributed by atoms with van der Waals surface area (Å²) >= 11 is 0.